The normalized spacial score (nSPS) is 14.7. The van der Waals surface area contributed by atoms with Crippen molar-refractivity contribution in [3.8, 4) is 5.75 Å². The molecule has 9 heteroatoms. The van der Waals surface area contributed by atoms with Gasteiger partial charge in [0.2, 0.25) is 5.91 Å². The van der Waals surface area contributed by atoms with Gasteiger partial charge in [-0.3, -0.25) is 4.79 Å². The summed E-state index contributed by atoms with van der Waals surface area (Å²) in [6.07, 6.45) is -0.284. The molecule has 0 aliphatic carbocycles. The van der Waals surface area contributed by atoms with Gasteiger partial charge in [0.15, 0.2) is 17.1 Å². The van der Waals surface area contributed by atoms with Crippen molar-refractivity contribution in [2.45, 2.75) is 57.8 Å². The molecule has 0 radical (unpaired) electrons. The minimum atomic E-state index is -0.284. The molecular weight excluding hydrogens is 486 g/mol. The van der Waals surface area contributed by atoms with Crippen molar-refractivity contribution in [3.05, 3.63) is 59.9 Å². The summed E-state index contributed by atoms with van der Waals surface area (Å²) < 4.78 is 13.6. The number of benzene rings is 2. The van der Waals surface area contributed by atoms with Crippen molar-refractivity contribution in [1.82, 2.24) is 14.8 Å². The molecule has 8 nitrogen and oxygen atoms in total. The second-order valence-corrected chi connectivity index (χ2v) is 10.7. The number of thioether (sulfide) groups is 1. The zero-order valence-electron chi connectivity index (χ0n) is 22.3. The zero-order chi connectivity index (χ0) is 26.4. The van der Waals surface area contributed by atoms with Gasteiger partial charge in [-0.15, -0.1) is 10.2 Å². The molecule has 37 heavy (non-hydrogen) atoms. The van der Waals surface area contributed by atoms with Crippen LogP contribution in [-0.2, 0) is 9.53 Å². The summed E-state index contributed by atoms with van der Waals surface area (Å²) in [6.45, 7) is 13.7. The molecule has 1 aliphatic heterocycles. The van der Waals surface area contributed by atoms with Crippen molar-refractivity contribution in [3.63, 3.8) is 0 Å². The summed E-state index contributed by atoms with van der Waals surface area (Å²) in [4.78, 5) is 15.0. The highest BCUT2D eigenvalue weighted by Crippen LogP contribution is 2.28. The maximum atomic E-state index is 12.7. The number of hydrogen-bond acceptors (Lipinski definition) is 7. The Morgan fingerprint density at radius 3 is 2.30 bits per heavy atom. The van der Waals surface area contributed by atoms with Crippen LogP contribution in [0.2, 0.25) is 0 Å². The average Bonchev–Trinajstić information content (AvgIpc) is 3.33. The van der Waals surface area contributed by atoms with Gasteiger partial charge in [-0.2, -0.15) is 0 Å². The van der Waals surface area contributed by atoms with Crippen molar-refractivity contribution in [2.75, 3.05) is 42.3 Å². The Balaban J connectivity index is 1.35. The van der Waals surface area contributed by atoms with Gasteiger partial charge in [0.25, 0.3) is 0 Å². The van der Waals surface area contributed by atoms with Crippen LogP contribution in [0.15, 0.2) is 53.7 Å². The van der Waals surface area contributed by atoms with Gasteiger partial charge in [-0.25, -0.2) is 0 Å². The van der Waals surface area contributed by atoms with E-state index in [4.69, 9.17) is 9.47 Å². The summed E-state index contributed by atoms with van der Waals surface area (Å²) in [5, 5.41) is 12.5. The van der Waals surface area contributed by atoms with Gasteiger partial charge >= 0.3 is 0 Å². The van der Waals surface area contributed by atoms with E-state index < -0.39 is 0 Å². The summed E-state index contributed by atoms with van der Waals surface area (Å²) >= 11 is 1.38. The molecule has 1 amide bonds. The summed E-state index contributed by atoms with van der Waals surface area (Å²) in [7, 11) is 0. The molecule has 1 unspecified atom stereocenters. The number of nitrogens with zero attached hydrogens (tertiary/aromatic N) is 4. The van der Waals surface area contributed by atoms with Crippen molar-refractivity contribution < 1.29 is 14.3 Å². The van der Waals surface area contributed by atoms with E-state index in [1.807, 2.05) is 47.9 Å². The third-order valence-electron chi connectivity index (χ3n) is 6.29. The van der Waals surface area contributed by atoms with Crippen LogP contribution in [0.4, 0.5) is 11.4 Å². The Hall–Kier alpha value is -3.04. The first-order valence-electron chi connectivity index (χ1n) is 12.9. The second kappa shape index (κ2) is 12.5. The van der Waals surface area contributed by atoms with Crippen LogP contribution in [0.25, 0.3) is 0 Å². The maximum absolute atomic E-state index is 12.7. The van der Waals surface area contributed by atoms with Gasteiger partial charge in [0.1, 0.15) is 5.75 Å². The Morgan fingerprint density at radius 2 is 1.68 bits per heavy atom. The molecular formula is C28H37N5O3S. The highest BCUT2D eigenvalue weighted by Gasteiger charge is 2.22. The molecule has 1 saturated heterocycles. The fourth-order valence-electron chi connectivity index (χ4n) is 4.24. The smallest absolute Gasteiger partial charge is 0.234 e. The summed E-state index contributed by atoms with van der Waals surface area (Å²) in [5.74, 6) is 2.16. The Labute approximate surface area is 223 Å². The Morgan fingerprint density at radius 1 is 1.00 bits per heavy atom. The molecule has 198 valence electrons. The van der Waals surface area contributed by atoms with Crippen molar-refractivity contribution >= 4 is 29.0 Å². The molecule has 2 heterocycles. The molecule has 1 atom stereocenters. The van der Waals surface area contributed by atoms with Crippen LogP contribution in [0.5, 0.6) is 5.75 Å². The molecule has 1 aromatic heterocycles. The van der Waals surface area contributed by atoms with Gasteiger partial charge in [-0.05, 0) is 68.7 Å². The highest BCUT2D eigenvalue weighted by atomic mass is 32.2. The quantitative estimate of drug-likeness (QED) is 0.342. The van der Waals surface area contributed by atoms with Gasteiger partial charge in [0, 0.05) is 30.5 Å². The largest absolute Gasteiger partial charge is 0.483 e. The minimum Gasteiger partial charge on any atom is -0.483 e. The fourth-order valence-corrected chi connectivity index (χ4v) is 5.12. The number of aromatic nitrogens is 3. The zero-order valence-corrected chi connectivity index (χ0v) is 23.1. The molecule has 3 aromatic rings. The number of ether oxygens (including phenoxy) is 2. The molecule has 0 saturated carbocycles. The lowest BCUT2D eigenvalue weighted by Crippen LogP contribution is -2.36. The lowest BCUT2D eigenvalue weighted by molar-refractivity contribution is -0.113. The first kappa shape index (κ1) is 27.0. The number of carbonyl (C=O) groups is 1. The Bertz CT molecular complexity index is 1160. The average molecular weight is 524 g/mol. The van der Waals surface area contributed by atoms with E-state index in [0.717, 1.165) is 49.3 Å². The molecule has 4 rings (SSSR count). The third kappa shape index (κ3) is 7.05. The standard InChI is InChI=1S/C28H37N5O3S/c1-19(2)22-6-12-25(13-7-22)36-21(5)27-30-31-28(33(27)20(3)4)37-18-26(34)29-23-8-10-24(11-9-23)32-14-16-35-17-15-32/h6-13,19-21H,14-18H2,1-5H3,(H,29,34). The fraction of sp³-hybridized carbons (Fsp3) is 0.464. The maximum Gasteiger partial charge on any atom is 0.234 e. The SMILES string of the molecule is CC(C)c1ccc(OC(C)c2nnc(SCC(=O)Nc3ccc(N4CCOCC4)cc3)n2C(C)C)cc1. The van der Waals surface area contributed by atoms with E-state index >= 15 is 0 Å². The number of hydrogen-bond donors (Lipinski definition) is 1. The third-order valence-corrected chi connectivity index (χ3v) is 7.23. The topological polar surface area (TPSA) is 81.5 Å². The van der Waals surface area contributed by atoms with Crippen LogP contribution >= 0.6 is 11.8 Å². The van der Waals surface area contributed by atoms with E-state index in [2.05, 4.69) is 60.2 Å². The number of nitrogens with one attached hydrogen (secondary N) is 1. The van der Waals surface area contributed by atoms with Crippen molar-refractivity contribution in [1.29, 1.82) is 0 Å². The predicted octanol–water partition coefficient (Wildman–Crippen LogP) is 5.69. The molecule has 0 bridgehead atoms. The van der Waals surface area contributed by atoms with Gasteiger partial charge < -0.3 is 24.3 Å². The molecule has 0 spiro atoms. The molecule has 1 N–H and O–H groups in total. The lowest BCUT2D eigenvalue weighted by Gasteiger charge is -2.28. The first-order valence-corrected chi connectivity index (χ1v) is 13.9. The van der Waals surface area contributed by atoms with E-state index in [-0.39, 0.29) is 23.8 Å². The summed E-state index contributed by atoms with van der Waals surface area (Å²) in [5.41, 5.74) is 3.19. The van der Waals surface area contributed by atoms with Crippen LogP contribution in [0.1, 0.15) is 64.1 Å². The van der Waals surface area contributed by atoms with E-state index in [1.54, 1.807) is 0 Å². The van der Waals surface area contributed by atoms with E-state index in [0.29, 0.717) is 11.1 Å². The summed E-state index contributed by atoms with van der Waals surface area (Å²) in [6, 6.07) is 16.2. The monoisotopic (exact) mass is 523 g/mol. The Kier molecular flexibility index (Phi) is 9.10. The number of anilines is 2. The van der Waals surface area contributed by atoms with Crippen LogP contribution < -0.4 is 15.0 Å². The van der Waals surface area contributed by atoms with Crippen LogP contribution in [0.3, 0.4) is 0 Å². The number of amides is 1. The van der Waals surface area contributed by atoms with Crippen molar-refractivity contribution in [2.24, 2.45) is 0 Å². The van der Waals surface area contributed by atoms with E-state index in [1.165, 1.54) is 17.3 Å². The van der Waals surface area contributed by atoms with Gasteiger partial charge in [-0.1, -0.05) is 37.7 Å². The van der Waals surface area contributed by atoms with Gasteiger partial charge in [0.05, 0.1) is 19.0 Å². The molecule has 1 aliphatic rings. The second-order valence-electron chi connectivity index (χ2n) is 9.77. The van der Waals surface area contributed by atoms with E-state index in [9.17, 15) is 4.79 Å². The minimum absolute atomic E-state index is 0.0847. The van der Waals surface area contributed by atoms with Crippen LogP contribution in [0, 0.1) is 0 Å². The predicted molar refractivity (Wildman–Crippen MR) is 149 cm³/mol. The molecule has 1 fully saturated rings. The first-order chi connectivity index (χ1) is 17.8. The molecule has 2 aromatic carbocycles. The lowest BCUT2D eigenvalue weighted by atomic mass is 10.0. The highest BCUT2D eigenvalue weighted by molar-refractivity contribution is 7.99. The number of morpholine rings is 1. The number of carbonyl (C=O) groups excluding carboxylic acids is 1. The number of rotatable bonds is 10. The van der Waals surface area contributed by atoms with Crippen LogP contribution in [-0.4, -0.2) is 52.7 Å².